The molecule has 0 bridgehead atoms. The van der Waals surface area contributed by atoms with Gasteiger partial charge in [-0.05, 0) is 25.5 Å². The lowest BCUT2D eigenvalue weighted by atomic mass is 10.2. The summed E-state index contributed by atoms with van der Waals surface area (Å²) in [5, 5.41) is 3.22. The van der Waals surface area contributed by atoms with Crippen LogP contribution >= 0.6 is 0 Å². The largest absolute Gasteiger partial charge is 0.467 e. The lowest BCUT2D eigenvalue weighted by molar-refractivity contribution is 0.0600. The van der Waals surface area contributed by atoms with E-state index in [0.717, 1.165) is 31.6 Å². The summed E-state index contributed by atoms with van der Waals surface area (Å²) in [5.41, 5.74) is 0.441. The number of carbonyl (C=O) groups excluding carboxylic acids is 1. The van der Waals surface area contributed by atoms with Crippen molar-refractivity contribution in [3.63, 3.8) is 0 Å². The van der Waals surface area contributed by atoms with E-state index in [2.05, 4.69) is 16.0 Å². The maximum Gasteiger partial charge on any atom is 0.341 e. The predicted octanol–water partition coefficient (Wildman–Crippen LogP) is 1.96. The maximum absolute atomic E-state index is 11.2. The molecular formula is C13H17NO3. The highest BCUT2D eigenvalue weighted by Crippen LogP contribution is 2.08. The van der Waals surface area contributed by atoms with Crippen LogP contribution in [-0.2, 0) is 11.3 Å². The number of rotatable bonds is 7. The number of ether oxygens (including phenoxy) is 1. The van der Waals surface area contributed by atoms with Gasteiger partial charge in [-0.2, -0.15) is 0 Å². The summed E-state index contributed by atoms with van der Waals surface area (Å²) < 4.78 is 9.80. The van der Waals surface area contributed by atoms with Crippen LogP contribution in [-0.4, -0.2) is 19.6 Å². The molecule has 1 aromatic rings. The molecule has 0 aliphatic rings. The molecule has 1 N–H and O–H groups in total. The minimum absolute atomic E-state index is 0.381. The number of furan rings is 1. The van der Waals surface area contributed by atoms with Crippen LogP contribution in [0.1, 0.15) is 35.4 Å². The Labute approximate surface area is 101 Å². The van der Waals surface area contributed by atoms with Gasteiger partial charge in [0.1, 0.15) is 12.0 Å². The molecule has 92 valence electrons. The molecule has 0 spiro atoms. The number of carbonyl (C=O) groups is 1. The summed E-state index contributed by atoms with van der Waals surface area (Å²) in [6.45, 7) is 1.49. The van der Waals surface area contributed by atoms with E-state index in [1.54, 1.807) is 6.07 Å². The molecule has 4 heteroatoms. The maximum atomic E-state index is 11.2. The Kier molecular flexibility index (Phi) is 5.91. The second-order valence-electron chi connectivity index (χ2n) is 3.63. The number of terminal acetylenes is 1. The van der Waals surface area contributed by atoms with Crippen molar-refractivity contribution in [1.82, 2.24) is 5.32 Å². The minimum Gasteiger partial charge on any atom is -0.467 e. The molecule has 1 rings (SSSR count). The van der Waals surface area contributed by atoms with Crippen molar-refractivity contribution in [2.75, 3.05) is 13.7 Å². The van der Waals surface area contributed by atoms with Gasteiger partial charge in [0.05, 0.1) is 19.2 Å². The zero-order valence-corrected chi connectivity index (χ0v) is 9.99. The Morgan fingerprint density at radius 2 is 2.41 bits per heavy atom. The fourth-order valence-corrected chi connectivity index (χ4v) is 1.39. The molecule has 1 aromatic heterocycles. The van der Waals surface area contributed by atoms with Crippen molar-refractivity contribution in [3.05, 3.63) is 23.7 Å². The van der Waals surface area contributed by atoms with Crippen molar-refractivity contribution < 1.29 is 13.9 Å². The summed E-state index contributed by atoms with van der Waals surface area (Å²) in [5.74, 6) is 2.94. The average Bonchev–Trinajstić information content (AvgIpc) is 2.81. The Morgan fingerprint density at radius 3 is 3.12 bits per heavy atom. The molecule has 0 atom stereocenters. The van der Waals surface area contributed by atoms with Crippen molar-refractivity contribution in [2.24, 2.45) is 0 Å². The van der Waals surface area contributed by atoms with Gasteiger partial charge in [-0.25, -0.2) is 4.79 Å². The zero-order valence-electron chi connectivity index (χ0n) is 9.99. The second kappa shape index (κ2) is 7.53. The molecule has 0 saturated heterocycles. The van der Waals surface area contributed by atoms with E-state index in [1.807, 2.05) is 0 Å². The molecular weight excluding hydrogens is 218 g/mol. The summed E-state index contributed by atoms with van der Waals surface area (Å²) >= 11 is 0. The van der Waals surface area contributed by atoms with Gasteiger partial charge in [-0.15, -0.1) is 12.3 Å². The van der Waals surface area contributed by atoms with E-state index in [9.17, 15) is 4.79 Å². The van der Waals surface area contributed by atoms with Crippen LogP contribution in [0.25, 0.3) is 0 Å². The van der Waals surface area contributed by atoms with Gasteiger partial charge in [-0.1, -0.05) is 0 Å². The van der Waals surface area contributed by atoms with Crippen molar-refractivity contribution in [1.29, 1.82) is 0 Å². The molecule has 0 saturated carbocycles. The van der Waals surface area contributed by atoms with Crippen LogP contribution in [0.3, 0.4) is 0 Å². The predicted molar refractivity (Wildman–Crippen MR) is 64.4 cm³/mol. The van der Waals surface area contributed by atoms with Gasteiger partial charge >= 0.3 is 5.97 Å². The van der Waals surface area contributed by atoms with Gasteiger partial charge in [-0.3, -0.25) is 0 Å². The topological polar surface area (TPSA) is 51.5 Å². The first-order valence-corrected chi connectivity index (χ1v) is 5.58. The number of hydrogen-bond acceptors (Lipinski definition) is 4. The molecule has 0 fully saturated rings. The quantitative estimate of drug-likeness (QED) is 0.446. The summed E-state index contributed by atoms with van der Waals surface area (Å²) in [4.78, 5) is 11.2. The van der Waals surface area contributed by atoms with E-state index in [-0.39, 0.29) is 5.97 Å². The Hall–Kier alpha value is -1.73. The molecule has 0 amide bonds. The van der Waals surface area contributed by atoms with E-state index in [4.69, 9.17) is 10.8 Å². The Morgan fingerprint density at radius 1 is 1.59 bits per heavy atom. The summed E-state index contributed by atoms with van der Waals surface area (Å²) in [6, 6.07) is 1.68. The van der Waals surface area contributed by atoms with Gasteiger partial charge in [0.2, 0.25) is 0 Å². The first kappa shape index (κ1) is 13.3. The Balaban J connectivity index is 2.21. The molecule has 1 heterocycles. The number of methoxy groups -OCH3 is 1. The molecule has 0 unspecified atom stereocenters. The van der Waals surface area contributed by atoms with Crippen LogP contribution in [0.2, 0.25) is 0 Å². The molecule has 17 heavy (non-hydrogen) atoms. The normalized spacial score (nSPS) is 9.88. The molecule has 0 aromatic carbocycles. The van der Waals surface area contributed by atoms with Crippen LogP contribution in [0.15, 0.2) is 16.7 Å². The first-order chi connectivity index (χ1) is 8.27. The standard InChI is InChI=1S/C13H17NO3/c1-3-4-5-6-7-14-9-12-8-11(10-17-12)13(15)16-2/h1,8,10,14H,4-7,9H2,2H3. The molecule has 4 nitrogen and oxygen atoms in total. The number of nitrogens with one attached hydrogen (secondary N) is 1. The molecule has 0 aliphatic carbocycles. The van der Waals surface area contributed by atoms with Gasteiger partial charge in [0, 0.05) is 6.42 Å². The van der Waals surface area contributed by atoms with Crippen molar-refractivity contribution >= 4 is 5.97 Å². The number of esters is 1. The highest BCUT2D eigenvalue weighted by atomic mass is 16.5. The lowest BCUT2D eigenvalue weighted by Gasteiger charge is -2.00. The highest BCUT2D eigenvalue weighted by Gasteiger charge is 2.09. The second-order valence-corrected chi connectivity index (χ2v) is 3.63. The summed E-state index contributed by atoms with van der Waals surface area (Å²) in [7, 11) is 1.35. The van der Waals surface area contributed by atoms with E-state index in [0.29, 0.717) is 12.1 Å². The molecule has 0 aliphatic heterocycles. The van der Waals surface area contributed by atoms with Crippen LogP contribution < -0.4 is 5.32 Å². The SMILES string of the molecule is C#CCCCCNCc1cc(C(=O)OC)co1. The number of hydrogen-bond donors (Lipinski definition) is 1. The van der Waals surface area contributed by atoms with Crippen LogP contribution in [0, 0.1) is 12.3 Å². The van der Waals surface area contributed by atoms with E-state index in [1.165, 1.54) is 13.4 Å². The third-order valence-corrected chi connectivity index (χ3v) is 2.30. The fraction of sp³-hybridized carbons (Fsp3) is 0.462. The van der Waals surface area contributed by atoms with E-state index >= 15 is 0 Å². The third kappa shape index (κ3) is 4.75. The average molecular weight is 235 g/mol. The zero-order chi connectivity index (χ0) is 12.5. The van der Waals surface area contributed by atoms with Crippen molar-refractivity contribution in [3.8, 4) is 12.3 Å². The Bertz CT molecular complexity index is 390. The third-order valence-electron chi connectivity index (χ3n) is 2.30. The lowest BCUT2D eigenvalue weighted by Crippen LogP contribution is -2.14. The highest BCUT2D eigenvalue weighted by molar-refractivity contribution is 5.88. The molecule has 0 radical (unpaired) electrons. The first-order valence-electron chi connectivity index (χ1n) is 5.58. The monoisotopic (exact) mass is 235 g/mol. The van der Waals surface area contributed by atoms with Gasteiger partial charge < -0.3 is 14.5 Å². The smallest absolute Gasteiger partial charge is 0.341 e. The van der Waals surface area contributed by atoms with Crippen molar-refractivity contribution in [2.45, 2.75) is 25.8 Å². The summed E-state index contributed by atoms with van der Waals surface area (Å²) in [6.07, 6.45) is 9.43. The van der Waals surface area contributed by atoms with Crippen LogP contribution in [0.4, 0.5) is 0 Å². The van der Waals surface area contributed by atoms with Gasteiger partial charge in [0.15, 0.2) is 0 Å². The van der Waals surface area contributed by atoms with E-state index < -0.39 is 0 Å². The minimum atomic E-state index is -0.381. The van der Waals surface area contributed by atoms with Gasteiger partial charge in [0.25, 0.3) is 0 Å². The van der Waals surface area contributed by atoms with Crippen LogP contribution in [0.5, 0.6) is 0 Å². The fourth-order valence-electron chi connectivity index (χ4n) is 1.39. The number of unbranched alkanes of at least 4 members (excludes halogenated alkanes) is 2.